The Hall–Kier alpha value is -2.43. The average molecular weight is 270 g/mol. The minimum Gasteiger partial charge on any atom is -0.332 e. The van der Waals surface area contributed by atoms with E-state index in [9.17, 15) is 4.79 Å². The Bertz CT molecular complexity index is 563. The van der Waals surface area contributed by atoms with E-state index in [0.29, 0.717) is 6.54 Å². The van der Waals surface area contributed by atoms with Crippen LogP contribution < -0.4 is 10.6 Å². The van der Waals surface area contributed by atoms with Crippen molar-refractivity contribution in [2.24, 2.45) is 0 Å². The number of carbonyl (C=O) groups excluding carboxylic acids is 1. The molecule has 1 aromatic carbocycles. The predicted octanol–water partition coefficient (Wildman–Crippen LogP) is 2.67. The van der Waals surface area contributed by atoms with Gasteiger partial charge >= 0.3 is 6.03 Å². The Balaban J connectivity index is 1.84. The predicted molar refractivity (Wildman–Crippen MR) is 78.4 cm³/mol. The van der Waals surface area contributed by atoms with E-state index >= 15 is 0 Å². The molecule has 0 atom stereocenters. The van der Waals surface area contributed by atoms with Gasteiger partial charge in [0.25, 0.3) is 0 Å². The molecule has 104 valence electrons. The zero-order chi connectivity index (χ0) is 14.4. The molecule has 0 aliphatic heterocycles. The maximum Gasteiger partial charge on any atom is 0.319 e. The minimum absolute atomic E-state index is 0.253. The van der Waals surface area contributed by atoms with Crippen LogP contribution in [-0.4, -0.2) is 16.0 Å². The molecule has 0 aliphatic rings. The minimum atomic E-state index is -0.253. The van der Waals surface area contributed by atoms with Crippen LogP contribution in [0.3, 0.4) is 0 Å². The molecule has 0 aliphatic carbocycles. The normalized spacial score (nSPS) is 10.1. The van der Waals surface area contributed by atoms with Gasteiger partial charge in [0.15, 0.2) is 0 Å². The van der Waals surface area contributed by atoms with E-state index in [-0.39, 0.29) is 6.03 Å². The number of hydrogen-bond acceptors (Lipinski definition) is 3. The number of nitrogens with one attached hydrogen (secondary N) is 2. The van der Waals surface area contributed by atoms with Gasteiger partial charge in [-0.05, 0) is 31.0 Å². The maximum absolute atomic E-state index is 11.7. The summed E-state index contributed by atoms with van der Waals surface area (Å²) in [6.07, 6.45) is 4.32. The van der Waals surface area contributed by atoms with Crippen molar-refractivity contribution in [3.8, 4) is 0 Å². The highest BCUT2D eigenvalue weighted by Crippen LogP contribution is 2.09. The van der Waals surface area contributed by atoms with Crippen LogP contribution in [0.15, 0.2) is 36.7 Å². The van der Waals surface area contributed by atoms with Gasteiger partial charge in [-0.25, -0.2) is 4.79 Å². The third kappa shape index (κ3) is 4.05. The molecule has 2 rings (SSSR count). The lowest BCUT2D eigenvalue weighted by molar-refractivity contribution is 0.251. The quantitative estimate of drug-likeness (QED) is 0.897. The van der Waals surface area contributed by atoms with Gasteiger partial charge in [-0.1, -0.05) is 19.1 Å². The molecule has 0 unspecified atom stereocenters. The fourth-order valence-electron chi connectivity index (χ4n) is 1.68. The summed E-state index contributed by atoms with van der Waals surface area (Å²) in [6, 6.07) is 7.53. The first-order chi connectivity index (χ1) is 9.67. The largest absolute Gasteiger partial charge is 0.332 e. The average Bonchev–Trinajstić information content (AvgIpc) is 2.47. The van der Waals surface area contributed by atoms with Crippen molar-refractivity contribution < 1.29 is 4.79 Å². The van der Waals surface area contributed by atoms with Crippen molar-refractivity contribution in [2.75, 3.05) is 5.32 Å². The number of carbonyl (C=O) groups is 1. The van der Waals surface area contributed by atoms with Crippen molar-refractivity contribution in [1.82, 2.24) is 15.3 Å². The molecule has 2 N–H and O–H groups in total. The Kier molecular flexibility index (Phi) is 4.65. The first kappa shape index (κ1) is 14.0. The van der Waals surface area contributed by atoms with Crippen LogP contribution in [0.5, 0.6) is 0 Å². The van der Waals surface area contributed by atoms with Gasteiger partial charge in [0.2, 0.25) is 0 Å². The molecule has 20 heavy (non-hydrogen) atoms. The molecule has 0 radical (unpaired) electrons. The van der Waals surface area contributed by atoms with Gasteiger partial charge in [-0.3, -0.25) is 9.97 Å². The molecule has 2 aromatic rings. The second kappa shape index (κ2) is 6.65. The van der Waals surface area contributed by atoms with Crippen molar-refractivity contribution in [3.63, 3.8) is 0 Å². The summed E-state index contributed by atoms with van der Waals surface area (Å²) in [5.41, 5.74) is 3.60. The number of aromatic nitrogens is 2. The van der Waals surface area contributed by atoms with E-state index in [1.54, 1.807) is 12.4 Å². The first-order valence-corrected chi connectivity index (χ1v) is 6.58. The summed E-state index contributed by atoms with van der Waals surface area (Å²) < 4.78 is 0. The lowest BCUT2D eigenvalue weighted by Crippen LogP contribution is -2.28. The van der Waals surface area contributed by atoms with E-state index in [0.717, 1.165) is 23.5 Å². The summed E-state index contributed by atoms with van der Waals surface area (Å²) in [4.78, 5) is 20.0. The summed E-state index contributed by atoms with van der Waals surface area (Å²) in [6.45, 7) is 4.32. The summed E-state index contributed by atoms with van der Waals surface area (Å²) in [5, 5.41) is 5.52. The van der Waals surface area contributed by atoms with Gasteiger partial charge in [-0.2, -0.15) is 0 Å². The van der Waals surface area contributed by atoms with Gasteiger partial charge < -0.3 is 10.6 Å². The number of amides is 2. The number of anilines is 1. The Morgan fingerprint density at radius 2 is 1.90 bits per heavy atom. The van der Waals surface area contributed by atoms with Crippen molar-refractivity contribution in [1.29, 1.82) is 0 Å². The summed E-state index contributed by atoms with van der Waals surface area (Å²) in [7, 11) is 0. The van der Waals surface area contributed by atoms with Crippen LogP contribution in [0.4, 0.5) is 10.5 Å². The highest BCUT2D eigenvalue weighted by Gasteiger charge is 2.02. The van der Waals surface area contributed by atoms with Crippen LogP contribution in [-0.2, 0) is 13.0 Å². The lowest BCUT2D eigenvalue weighted by Gasteiger charge is -2.07. The van der Waals surface area contributed by atoms with Gasteiger partial charge in [0.1, 0.15) is 0 Å². The Morgan fingerprint density at radius 1 is 1.15 bits per heavy atom. The number of aryl methyl sites for hydroxylation is 2. The highest BCUT2D eigenvalue weighted by atomic mass is 16.2. The lowest BCUT2D eigenvalue weighted by atomic mass is 10.1. The fourth-order valence-corrected chi connectivity index (χ4v) is 1.68. The van der Waals surface area contributed by atoms with Crippen LogP contribution in [0.2, 0.25) is 0 Å². The monoisotopic (exact) mass is 270 g/mol. The van der Waals surface area contributed by atoms with E-state index in [4.69, 9.17) is 0 Å². The maximum atomic E-state index is 11.7. The Labute approximate surface area is 118 Å². The van der Waals surface area contributed by atoms with Crippen LogP contribution in [0.1, 0.15) is 23.9 Å². The highest BCUT2D eigenvalue weighted by molar-refractivity contribution is 5.89. The summed E-state index contributed by atoms with van der Waals surface area (Å²) >= 11 is 0. The molecule has 0 saturated heterocycles. The molecule has 1 heterocycles. The van der Waals surface area contributed by atoms with Crippen molar-refractivity contribution in [3.05, 3.63) is 53.6 Å². The molecule has 0 saturated carbocycles. The second-order valence-electron chi connectivity index (χ2n) is 4.51. The van der Waals surface area contributed by atoms with Crippen LogP contribution in [0.25, 0.3) is 0 Å². The van der Waals surface area contributed by atoms with E-state index in [1.807, 2.05) is 31.2 Å². The smallest absolute Gasteiger partial charge is 0.319 e. The SMILES string of the molecule is CCc1ccc(NC(=O)NCc2cnc(C)cn2)cc1. The first-order valence-electron chi connectivity index (χ1n) is 6.58. The van der Waals surface area contributed by atoms with Gasteiger partial charge in [0, 0.05) is 11.9 Å². The van der Waals surface area contributed by atoms with E-state index in [1.165, 1.54) is 5.56 Å². The van der Waals surface area contributed by atoms with E-state index < -0.39 is 0 Å². The van der Waals surface area contributed by atoms with Crippen molar-refractivity contribution >= 4 is 11.7 Å². The molecule has 0 fully saturated rings. The Morgan fingerprint density at radius 3 is 2.50 bits per heavy atom. The zero-order valence-corrected chi connectivity index (χ0v) is 11.7. The fraction of sp³-hybridized carbons (Fsp3) is 0.267. The van der Waals surface area contributed by atoms with Gasteiger partial charge in [0.05, 0.1) is 24.1 Å². The second-order valence-corrected chi connectivity index (χ2v) is 4.51. The topological polar surface area (TPSA) is 66.9 Å². The standard InChI is InChI=1S/C15H18N4O/c1-3-12-4-6-13(7-5-12)19-15(20)18-10-14-9-16-11(2)8-17-14/h4-9H,3,10H2,1-2H3,(H2,18,19,20). The molecule has 1 aromatic heterocycles. The molecule has 5 heteroatoms. The number of rotatable bonds is 4. The molecule has 0 spiro atoms. The summed E-state index contributed by atoms with van der Waals surface area (Å²) in [5.74, 6) is 0. The zero-order valence-electron chi connectivity index (χ0n) is 11.7. The number of urea groups is 1. The molecular formula is C15H18N4O. The molecule has 0 bridgehead atoms. The van der Waals surface area contributed by atoms with Crippen LogP contribution in [0, 0.1) is 6.92 Å². The number of benzene rings is 1. The van der Waals surface area contributed by atoms with Crippen molar-refractivity contribution in [2.45, 2.75) is 26.8 Å². The molecular weight excluding hydrogens is 252 g/mol. The van der Waals surface area contributed by atoms with E-state index in [2.05, 4.69) is 27.5 Å². The molecule has 2 amide bonds. The number of hydrogen-bond donors (Lipinski definition) is 2. The van der Waals surface area contributed by atoms with Gasteiger partial charge in [-0.15, -0.1) is 0 Å². The third-order valence-electron chi connectivity index (χ3n) is 2.88. The molecule has 5 nitrogen and oxygen atoms in total. The van der Waals surface area contributed by atoms with Crippen LogP contribution >= 0.6 is 0 Å². The number of nitrogens with zero attached hydrogens (tertiary/aromatic N) is 2. The third-order valence-corrected chi connectivity index (χ3v) is 2.88.